The summed E-state index contributed by atoms with van der Waals surface area (Å²) in [5, 5.41) is 13.4. The van der Waals surface area contributed by atoms with Crippen LogP contribution in [0, 0.1) is 5.82 Å². The molecule has 0 spiro atoms. The van der Waals surface area contributed by atoms with Crippen molar-refractivity contribution in [2.24, 2.45) is 0 Å². The van der Waals surface area contributed by atoms with Gasteiger partial charge in [0.2, 0.25) is 5.82 Å². The Balaban J connectivity index is 1.41. The number of carbonyl (C=O) groups excluding carboxylic acids is 1. The maximum absolute atomic E-state index is 13.6. The van der Waals surface area contributed by atoms with Crippen molar-refractivity contribution in [3.8, 4) is 0 Å². The number of rotatable bonds is 9. The first-order chi connectivity index (χ1) is 17.1. The van der Waals surface area contributed by atoms with Crippen LogP contribution in [0.5, 0.6) is 0 Å². The van der Waals surface area contributed by atoms with Gasteiger partial charge in [0.1, 0.15) is 18.4 Å². The average molecular weight is 526 g/mol. The smallest absolute Gasteiger partial charge is 0.403 e. The number of carbonyl (C=O) groups is 1. The van der Waals surface area contributed by atoms with E-state index in [1.807, 2.05) is 24.3 Å². The summed E-state index contributed by atoms with van der Waals surface area (Å²) < 4.78 is 42.3. The number of ether oxygens (including phenoxy) is 2. The Hall–Kier alpha value is -3.13. The van der Waals surface area contributed by atoms with Crippen LogP contribution in [0.1, 0.15) is 18.2 Å². The first kappa shape index (κ1) is 25.9. The maximum atomic E-state index is 13.6. The fourth-order valence-corrected chi connectivity index (χ4v) is 4.98. The third-order valence-electron chi connectivity index (χ3n) is 5.76. The lowest BCUT2D eigenvalue weighted by Gasteiger charge is -2.22. The molecule has 0 saturated carbocycles. The molecule has 15 heteroatoms. The van der Waals surface area contributed by atoms with Gasteiger partial charge in [-0.05, 0) is 11.6 Å². The molecule has 3 aromatic rings. The van der Waals surface area contributed by atoms with Crippen molar-refractivity contribution in [1.82, 2.24) is 19.6 Å². The summed E-state index contributed by atoms with van der Waals surface area (Å²) in [4.78, 5) is 50.6. The molecule has 194 valence electrons. The number of nitrogens with one attached hydrogen (secondary N) is 3. The number of benzene rings is 1. The fraction of sp³-hybridized carbons (Fsp3) is 0.381. The van der Waals surface area contributed by atoms with Gasteiger partial charge in [0.05, 0.1) is 26.0 Å². The van der Waals surface area contributed by atoms with E-state index in [0.29, 0.717) is 11.8 Å². The first-order valence-corrected chi connectivity index (χ1v) is 12.4. The van der Waals surface area contributed by atoms with Crippen LogP contribution < -0.4 is 16.3 Å². The highest BCUT2D eigenvalue weighted by atomic mass is 31.2. The molecule has 1 aromatic carbocycles. The van der Waals surface area contributed by atoms with Crippen LogP contribution in [0.15, 0.2) is 46.2 Å². The molecule has 2 aromatic heterocycles. The molecule has 1 aliphatic heterocycles. The molecule has 3 heterocycles. The van der Waals surface area contributed by atoms with E-state index < -0.39 is 61.9 Å². The number of aromatic nitrogens is 3. The fourth-order valence-electron chi connectivity index (χ4n) is 3.96. The molecule has 0 bridgehead atoms. The number of aliphatic hydroxyl groups is 1. The zero-order chi connectivity index (χ0) is 26.0. The molecule has 13 nitrogen and oxygen atoms in total. The number of methoxy groups -OCH3 is 1. The zero-order valence-corrected chi connectivity index (χ0v) is 19.8. The number of esters is 1. The quantitative estimate of drug-likeness (QED) is 0.192. The molecule has 1 aliphatic rings. The Morgan fingerprint density at radius 3 is 2.89 bits per heavy atom. The molecule has 0 radical (unpaired) electrons. The Morgan fingerprint density at radius 2 is 2.14 bits per heavy atom. The van der Waals surface area contributed by atoms with Gasteiger partial charge in [-0.25, -0.2) is 14.4 Å². The van der Waals surface area contributed by atoms with Gasteiger partial charge in [-0.3, -0.25) is 23.7 Å². The summed E-state index contributed by atoms with van der Waals surface area (Å²) >= 11 is 0. The summed E-state index contributed by atoms with van der Waals surface area (Å²) in [6.45, 7) is -0.597. The van der Waals surface area contributed by atoms with E-state index in [9.17, 15) is 33.3 Å². The van der Waals surface area contributed by atoms with Crippen LogP contribution in [0.25, 0.3) is 10.9 Å². The van der Waals surface area contributed by atoms with Gasteiger partial charge in [0.15, 0.2) is 0 Å². The minimum absolute atomic E-state index is 0.00984. The highest BCUT2D eigenvalue weighted by molar-refractivity contribution is 7.50. The van der Waals surface area contributed by atoms with Crippen LogP contribution in [-0.4, -0.2) is 62.5 Å². The van der Waals surface area contributed by atoms with Crippen LogP contribution in [-0.2, 0) is 29.8 Å². The molecule has 0 amide bonds. The third-order valence-corrected chi connectivity index (χ3v) is 6.89. The number of aromatic amines is 2. The van der Waals surface area contributed by atoms with E-state index in [2.05, 4.69) is 10.1 Å². The molecule has 5 atom stereocenters. The van der Waals surface area contributed by atoms with Crippen LogP contribution in [0.4, 0.5) is 4.39 Å². The van der Waals surface area contributed by atoms with E-state index in [4.69, 9.17) is 14.0 Å². The summed E-state index contributed by atoms with van der Waals surface area (Å²) in [7, 11) is -3.48. The second-order valence-corrected chi connectivity index (χ2v) is 9.72. The average Bonchev–Trinajstić information content (AvgIpc) is 3.42. The molecular weight excluding hydrogens is 502 g/mol. The van der Waals surface area contributed by atoms with E-state index in [1.165, 1.54) is 0 Å². The van der Waals surface area contributed by atoms with E-state index in [0.717, 1.165) is 22.6 Å². The van der Waals surface area contributed by atoms with Crippen LogP contribution >= 0.6 is 7.75 Å². The lowest BCUT2D eigenvalue weighted by Crippen LogP contribution is -2.38. The van der Waals surface area contributed by atoms with Crippen molar-refractivity contribution in [3.63, 3.8) is 0 Å². The molecule has 4 unspecified atom stereocenters. The summed E-state index contributed by atoms with van der Waals surface area (Å²) in [5.41, 5.74) is -0.630. The highest BCUT2D eigenvalue weighted by Gasteiger charge is 2.38. The van der Waals surface area contributed by atoms with E-state index in [-0.39, 0.29) is 12.8 Å². The van der Waals surface area contributed by atoms with Gasteiger partial charge in [0.25, 0.3) is 5.56 Å². The molecular formula is C21H24FN4O9P. The number of H-pyrrole nitrogens is 2. The maximum Gasteiger partial charge on any atom is 0.403 e. The minimum Gasteiger partial charge on any atom is -0.468 e. The number of hydrogen-bond acceptors (Lipinski definition) is 8. The summed E-state index contributed by atoms with van der Waals surface area (Å²) in [6, 6.07) is 6.09. The van der Waals surface area contributed by atoms with Crippen molar-refractivity contribution in [1.29, 1.82) is 0 Å². The number of aliphatic hydroxyl groups excluding tert-OH is 1. The van der Waals surface area contributed by atoms with Gasteiger partial charge in [-0.1, -0.05) is 18.2 Å². The van der Waals surface area contributed by atoms with Gasteiger partial charge in [-0.2, -0.15) is 4.39 Å². The second-order valence-electron chi connectivity index (χ2n) is 8.16. The van der Waals surface area contributed by atoms with Crippen molar-refractivity contribution in [2.75, 3.05) is 13.7 Å². The normalized spacial score (nSPS) is 22.4. The van der Waals surface area contributed by atoms with Crippen LogP contribution in [0.2, 0.25) is 0 Å². The molecule has 36 heavy (non-hydrogen) atoms. The first-order valence-electron chi connectivity index (χ1n) is 10.8. The lowest BCUT2D eigenvalue weighted by atomic mass is 10.1. The number of nitrogens with zero attached hydrogens (tertiary/aromatic N) is 1. The topological polar surface area (TPSA) is 185 Å². The van der Waals surface area contributed by atoms with Gasteiger partial charge in [0, 0.05) is 29.9 Å². The van der Waals surface area contributed by atoms with Crippen molar-refractivity contribution >= 4 is 24.6 Å². The lowest BCUT2D eigenvalue weighted by molar-refractivity contribution is -0.142. The summed E-state index contributed by atoms with van der Waals surface area (Å²) in [5.74, 6) is -2.02. The largest absolute Gasteiger partial charge is 0.468 e. The second kappa shape index (κ2) is 10.5. The van der Waals surface area contributed by atoms with Gasteiger partial charge in [-0.15, -0.1) is 0 Å². The van der Waals surface area contributed by atoms with Gasteiger partial charge >= 0.3 is 19.4 Å². The molecule has 1 fully saturated rings. The van der Waals surface area contributed by atoms with E-state index >= 15 is 0 Å². The molecule has 0 aliphatic carbocycles. The Kier molecular flexibility index (Phi) is 7.54. The van der Waals surface area contributed by atoms with Crippen LogP contribution in [0.3, 0.4) is 0 Å². The number of halogens is 1. The highest BCUT2D eigenvalue weighted by Crippen LogP contribution is 2.40. The van der Waals surface area contributed by atoms with Crippen molar-refractivity contribution in [3.05, 3.63) is 68.9 Å². The Labute approximate surface area is 202 Å². The Bertz CT molecular complexity index is 1420. The standard InChI is InChI=1S/C21H24FN4O9P/c1-33-20(29)15(6-11-8-23-14-5-3-2-4-12(11)14)25-36(31,32)34-10-17-16(27)7-18(35-17)26-9-13(22)19(28)24-21(26)30/h2-5,8-9,15-18,23,27H,6-7,10H2,1H3,(H,24,28,30)(H2,25,31,32)/t15-,16?,17?,18?/m0/s1. The van der Waals surface area contributed by atoms with Crippen molar-refractivity contribution in [2.45, 2.75) is 37.3 Å². The van der Waals surface area contributed by atoms with Crippen molar-refractivity contribution < 1.29 is 37.7 Å². The number of fused-ring (bicyclic) bond motifs is 1. The monoisotopic (exact) mass is 526 g/mol. The summed E-state index contributed by atoms with van der Waals surface area (Å²) in [6.07, 6.45) is -1.39. The van der Waals surface area contributed by atoms with Gasteiger partial charge < -0.3 is 24.5 Å². The molecule has 5 N–H and O–H groups in total. The third kappa shape index (κ3) is 5.64. The number of para-hydroxylation sites is 1. The number of hydrogen-bond donors (Lipinski definition) is 5. The molecule has 1 saturated heterocycles. The zero-order valence-electron chi connectivity index (χ0n) is 18.9. The Morgan fingerprint density at radius 1 is 1.39 bits per heavy atom. The predicted molar refractivity (Wildman–Crippen MR) is 123 cm³/mol. The predicted octanol–water partition coefficient (Wildman–Crippen LogP) is 0.296. The SMILES string of the molecule is COC(=O)[C@H](Cc1c[nH]c2ccccc12)NP(=O)(O)OCC1OC(n2cc(F)c(=O)[nH]c2=O)CC1O. The minimum atomic E-state index is -4.62. The van der Waals surface area contributed by atoms with E-state index in [1.54, 1.807) is 11.2 Å². The molecule has 4 rings (SSSR count).